The highest BCUT2D eigenvalue weighted by atomic mass is 32.1. The summed E-state index contributed by atoms with van der Waals surface area (Å²) in [4.78, 5) is 24.9. The second-order valence-electron chi connectivity index (χ2n) is 8.85. The number of benzene rings is 2. The lowest BCUT2D eigenvalue weighted by atomic mass is 9.96. The van der Waals surface area contributed by atoms with Crippen LogP contribution < -0.4 is 19.3 Å². The normalized spacial score (nSPS) is 18.9. The second kappa shape index (κ2) is 10.1. The summed E-state index contributed by atoms with van der Waals surface area (Å²) in [5.41, 5.74) is 2.17. The van der Waals surface area contributed by atoms with E-state index in [-0.39, 0.29) is 5.92 Å². The summed E-state index contributed by atoms with van der Waals surface area (Å²) in [5, 5.41) is 1.01. The SMILES string of the molecule is CCOc1ccc2nc(N3CCC[C@H](C(=O)N4CCN(c5ccc(OC)cc5)CC4)C3)sc2c1. The number of hydrogen-bond donors (Lipinski definition) is 0. The number of carbonyl (C=O) groups is 1. The zero-order valence-electron chi connectivity index (χ0n) is 19.9. The van der Waals surface area contributed by atoms with Crippen molar-refractivity contribution < 1.29 is 14.3 Å². The van der Waals surface area contributed by atoms with Crippen molar-refractivity contribution in [2.24, 2.45) is 5.92 Å². The van der Waals surface area contributed by atoms with Crippen molar-refractivity contribution in [1.29, 1.82) is 0 Å². The van der Waals surface area contributed by atoms with Gasteiger partial charge in [0, 0.05) is 45.0 Å². The quantitative estimate of drug-likeness (QED) is 0.525. The molecule has 3 aromatic rings. The van der Waals surface area contributed by atoms with Crippen LogP contribution in [0.1, 0.15) is 19.8 Å². The van der Waals surface area contributed by atoms with E-state index in [1.165, 1.54) is 5.69 Å². The van der Waals surface area contributed by atoms with Gasteiger partial charge in [-0.2, -0.15) is 0 Å². The predicted octanol–water partition coefficient (Wildman–Crippen LogP) is 4.27. The van der Waals surface area contributed by atoms with Gasteiger partial charge in [-0.1, -0.05) is 11.3 Å². The van der Waals surface area contributed by atoms with Gasteiger partial charge < -0.3 is 24.2 Å². The molecule has 3 heterocycles. The number of anilines is 2. The Balaban J connectivity index is 1.20. The molecule has 2 fully saturated rings. The molecule has 2 aliphatic heterocycles. The minimum absolute atomic E-state index is 0.0345. The summed E-state index contributed by atoms with van der Waals surface area (Å²) in [6.07, 6.45) is 1.97. The molecule has 0 N–H and O–H groups in total. The highest BCUT2D eigenvalue weighted by Crippen LogP contribution is 2.34. The van der Waals surface area contributed by atoms with E-state index < -0.39 is 0 Å². The van der Waals surface area contributed by atoms with Gasteiger partial charge in [-0.15, -0.1) is 0 Å². The van der Waals surface area contributed by atoms with E-state index in [4.69, 9.17) is 14.5 Å². The first-order chi connectivity index (χ1) is 16.6. The van der Waals surface area contributed by atoms with Gasteiger partial charge >= 0.3 is 0 Å². The average molecular weight is 481 g/mol. The lowest BCUT2D eigenvalue weighted by Crippen LogP contribution is -2.52. The van der Waals surface area contributed by atoms with Gasteiger partial charge in [0.1, 0.15) is 11.5 Å². The highest BCUT2D eigenvalue weighted by Gasteiger charge is 2.32. The van der Waals surface area contributed by atoms with Gasteiger partial charge in [-0.05, 0) is 62.2 Å². The molecule has 1 amide bonds. The Morgan fingerprint density at radius 2 is 1.79 bits per heavy atom. The zero-order valence-corrected chi connectivity index (χ0v) is 20.7. The zero-order chi connectivity index (χ0) is 23.5. The van der Waals surface area contributed by atoms with Gasteiger partial charge in [0.2, 0.25) is 5.91 Å². The number of amides is 1. The van der Waals surface area contributed by atoms with Crippen molar-refractivity contribution in [2.75, 3.05) is 62.8 Å². The largest absolute Gasteiger partial charge is 0.497 e. The molecule has 0 radical (unpaired) electrons. The molecule has 0 saturated carbocycles. The number of ether oxygens (including phenoxy) is 2. The second-order valence-corrected chi connectivity index (χ2v) is 9.86. The smallest absolute Gasteiger partial charge is 0.227 e. The van der Waals surface area contributed by atoms with E-state index in [1.54, 1.807) is 18.4 Å². The Morgan fingerprint density at radius 3 is 2.53 bits per heavy atom. The van der Waals surface area contributed by atoms with E-state index in [2.05, 4.69) is 32.9 Å². The minimum Gasteiger partial charge on any atom is -0.497 e. The Bertz CT molecular complexity index is 1120. The molecule has 2 saturated heterocycles. The number of methoxy groups -OCH3 is 1. The Morgan fingerprint density at radius 1 is 1.03 bits per heavy atom. The monoisotopic (exact) mass is 480 g/mol. The molecule has 0 spiro atoms. The van der Waals surface area contributed by atoms with Crippen molar-refractivity contribution in [1.82, 2.24) is 9.88 Å². The fraction of sp³-hybridized carbons (Fsp3) is 0.462. The molecule has 0 aliphatic carbocycles. The molecule has 2 aliphatic rings. The first kappa shape index (κ1) is 22.8. The summed E-state index contributed by atoms with van der Waals surface area (Å²) in [5.74, 6) is 2.07. The van der Waals surface area contributed by atoms with Crippen molar-refractivity contribution >= 4 is 38.3 Å². The summed E-state index contributed by atoms with van der Waals surface area (Å²) in [7, 11) is 1.68. The van der Waals surface area contributed by atoms with Gasteiger partial charge in [0.15, 0.2) is 5.13 Å². The van der Waals surface area contributed by atoms with Crippen LogP contribution >= 0.6 is 11.3 Å². The maximum Gasteiger partial charge on any atom is 0.227 e. The maximum atomic E-state index is 13.4. The number of nitrogens with zero attached hydrogens (tertiary/aromatic N) is 4. The van der Waals surface area contributed by atoms with Crippen molar-refractivity contribution in [3.63, 3.8) is 0 Å². The number of aromatic nitrogens is 1. The third-order valence-corrected chi connectivity index (χ3v) is 7.81. The van der Waals surface area contributed by atoms with Gasteiger partial charge in [0.05, 0.1) is 29.9 Å². The molecule has 8 heteroatoms. The van der Waals surface area contributed by atoms with Crippen LogP contribution in [0, 0.1) is 5.92 Å². The molecule has 0 unspecified atom stereocenters. The van der Waals surface area contributed by atoms with Crippen LogP contribution in [0.3, 0.4) is 0 Å². The maximum absolute atomic E-state index is 13.4. The molecule has 1 aromatic heterocycles. The van der Waals surface area contributed by atoms with Crippen molar-refractivity contribution in [3.05, 3.63) is 42.5 Å². The minimum atomic E-state index is 0.0345. The van der Waals surface area contributed by atoms with Gasteiger partial charge in [-0.3, -0.25) is 4.79 Å². The summed E-state index contributed by atoms with van der Waals surface area (Å²) in [6.45, 7) is 7.59. The molecule has 0 bridgehead atoms. The lowest BCUT2D eigenvalue weighted by molar-refractivity contribution is -0.136. The Hall–Kier alpha value is -3.00. The fourth-order valence-corrected chi connectivity index (χ4v) is 5.90. The van der Waals surface area contributed by atoms with Crippen LogP contribution in [0.25, 0.3) is 10.2 Å². The number of rotatable bonds is 6. The number of piperazine rings is 1. The van der Waals surface area contributed by atoms with Crippen LogP contribution in [0.15, 0.2) is 42.5 Å². The molecule has 180 valence electrons. The summed E-state index contributed by atoms with van der Waals surface area (Å²) in [6, 6.07) is 14.2. The number of hydrogen-bond acceptors (Lipinski definition) is 7. The van der Waals surface area contributed by atoms with E-state index in [1.807, 2.05) is 31.2 Å². The van der Waals surface area contributed by atoms with Crippen LogP contribution in [0.5, 0.6) is 11.5 Å². The standard InChI is InChI=1S/C26H32N4O3S/c1-3-33-22-10-11-23-24(17-22)34-26(27-23)30-12-4-5-19(18-30)25(31)29-15-13-28(14-16-29)20-6-8-21(32-2)9-7-20/h6-11,17,19H,3-5,12-16,18H2,1-2H3/t19-/m0/s1. The van der Waals surface area contributed by atoms with E-state index in [0.717, 1.165) is 79.0 Å². The summed E-state index contributed by atoms with van der Waals surface area (Å²) >= 11 is 1.69. The van der Waals surface area contributed by atoms with E-state index in [9.17, 15) is 4.79 Å². The number of thiazole rings is 1. The number of fused-ring (bicyclic) bond motifs is 1. The number of carbonyl (C=O) groups excluding carboxylic acids is 1. The lowest BCUT2D eigenvalue weighted by Gasteiger charge is -2.39. The Kier molecular flexibility index (Phi) is 6.76. The topological polar surface area (TPSA) is 58.1 Å². The third kappa shape index (κ3) is 4.78. The van der Waals surface area contributed by atoms with Gasteiger partial charge in [0.25, 0.3) is 0 Å². The molecule has 7 nitrogen and oxygen atoms in total. The third-order valence-electron chi connectivity index (χ3n) is 6.73. The molecular formula is C26H32N4O3S. The highest BCUT2D eigenvalue weighted by molar-refractivity contribution is 7.22. The molecule has 1 atom stereocenters. The molecule has 5 rings (SSSR count). The first-order valence-corrected chi connectivity index (χ1v) is 12.9. The van der Waals surface area contributed by atoms with Gasteiger partial charge in [-0.25, -0.2) is 4.98 Å². The van der Waals surface area contributed by atoms with Crippen LogP contribution in [0.4, 0.5) is 10.8 Å². The average Bonchev–Trinajstić information content (AvgIpc) is 3.32. The van der Waals surface area contributed by atoms with Crippen molar-refractivity contribution in [2.45, 2.75) is 19.8 Å². The first-order valence-electron chi connectivity index (χ1n) is 12.1. The van der Waals surface area contributed by atoms with Crippen LogP contribution in [-0.2, 0) is 4.79 Å². The molecule has 2 aromatic carbocycles. The van der Waals surface area contributed by atoms with Crippen LogP contribution in [-0.4, -0.2) is 68.8 Å². The number of piperidine rings is 1. The molecular weight excluding hydrogens is 448 g/mol. The van der Waals surface area contributed by atoms with E-state index >= 15 is 0 Å². The van der Waals surface area contributed by atoms with Crippen LogP contribution in [0.2, 0.25) is 0 Å². The predicted molar refractivity (Wildman–Crippen MR) is 138 cm³/mol. The summed E-state index contributed by atoms with van der Waals surface area (Å²) < 4.78 is 12.0. The fourth-order valence-electron chi connectivity index (χ4n) is 4.87. The molecule has 34 heavy (non-hydrogen) atoms. The Labute approximate surface area is 204 Å². The van der Waals surface area contributed by atoms with Crippen molar-refractivity contribution in [3.8, 4) is 11.5 Å². The van der Waals surface area contributed by atoms with E-state index in [0.29, 0.717) is 12.5 Å².